The Morgan fingerprint density at radius 1 is 0.145 bits per heavy atom. The van der Waals surface area contributed by atoms with Crippen LogP contribution in [0.25, 0.3) is 264 Å². The van der Waals surface area contributed by atoms with Crippen LogP contribution in [0.3, 0.4) is 0 Å². The van der Waals surface area contributed by atoms with E-state index in [1.807, 2.05) is 55.4 Å². The number of hydrogen-bond acceptors (Lipinski definition) is 3. The third-order valence-electron chi connectivity index (χ3n) is 27.2. The summed E-state index contributed by atoms with van der Waals surface area (Å²) in [4.78, 5) is 0. The zero-order chi connectivity index (χ0) is 109. The molecule has 0 spiro atoms. The van der Waals surface area contributed by atoms with Crippen LogP contribution in [0.2, 0.25) is 0 Å². The van der Waals surface area contributed by atoms with Crippen LogP contribution in [0, 0.1) is 0 Å². The van der Waals surface area contributed by atoms with Crippen molar-refractivity contribution in [1.29, 1.82) is 0 Å². The number of hydrogen-bond donors (Lipinski definition) is 0. The van der Waals surface area contributed by atoms with E-state index in [1.165, 1.54) is 185 Å². The highest BCUT2D eigenvalue weighted by molar-refractivity contribution is 6.30. The van der Waals surface area contributed by atoms with Crippen molar-refractivity contribution in [1.82, 2.24) is 0 Å². The molecule has 0 N–H and O–H groups in total. The van der Waals surface area contributed by atoms with Gasteiger partial charge in [0.15, 0.2) is 0 Å². The number of rotatable bonds is 12. The predicted molar refractivity (Wildman–Crippen MR) is 639 cm³/mol. The van der Waals surface area contributed by atoms with E-state index in [0.29, 0.717) is 0 Å². The van der Waals surface area contributed by atoms with Gasteiger partial charge in [-0.3, -0.25) is 0 Å². The molecule has 0 fully saturated rings. The van der Waals surface area contributed by atoms with E-state index in [-0.39, 0.29) is 0 Å². The topological polar surface area (TPSA) is 39.4 Å². The Labute approximate surface area is 866 Å². The molecule has 0 saturated carbocycles. The van der Waals surface area contributed by atoms with E-state index in [9.17, 15) is 0 Å². The molecule has 0 radical (unpaired) electrons. The highest BCUT2D eigenvalue weighted by Gasteiger charge is 2.27. The van der Waals surface area contributed by atoms with Gasteiger partial charge in [0, 0.05) is 58.1 Å². The van der Waals surface area contributed by atoms with Gasteiger partial charge in [-0.15, -0.1) is 0 Å². The Morgan fingerprint density at radius 3 is 0.724 bits per heavy atom. The monoisotopic (exact) mass is 1890 g/mol. The second-order valence-corrected chi connectivity index (χ2v) is 34.8. The van der Waals surface area contributed by atoms with E-state index < -0.39 is 0 Å². The summed E-state index contributed by atoms with van der Waals surface area (Å²) in [5, 5.41) is 21.7. The summed E-state index contributed by atoms with van der Waals surface area (Å²) in [6.45, 7) is 16.0. The van der Waals surface area contributed by atoms with Crippen LogP contribution in [-0.2, 0) is 0 Å². The summed E-state index contributed by atoms with van der Waals surface area (Å²) < 4.78 is 71.4. The SMILES string of the molecule is CC.CC.CC.CC.[2H]C.[2H]C.[2H][2H].[2H][2H].[2H][2H].[2H][2H].c1ccc(-c2ccc(-c3c4ccccc4c(-c4cccc5oc6c(-c7ccccc7)cccc6c45)c4ccccc34)cc2)cc1.c1ccc(-c2cccc(-c3c4ccccc4c(-c4cccc5oc6cc(-c7ccccc7)ccc6c45)c4ccccc34)c2)cc1.c1ccc(-c2ccccc2-c2c3ccccc3c(-c3cccc4oc5c(-c6ccccc6)cccc5c34)c3ccccc23)cc1. The molecular weight excluding hydrogens is 1750 g/mol. The normalized spacial score (nSPS) is 11.2. The maximum Gasteiger partial charge on any atom is 0.143 e. The van der Waals surface area contributed by atoms with Gasteiger partial charge in [-0.2, -0.15) is 0 Å². The molecule has 0 bridgehead atoms. The summed E-state index contributed by atoms with van der Waals surface area (Å²) >= 11 is 0. The van der Waals surface area contributed by atoms with Crippen molar-refractivity contribution in [2.45, 2.75) is 70.2 Å². The maximum atomic E-state index is 6.68. The smallest absolute Gasteiger partial charge is 0.143 e. The first-order valence-electron chi connectivity index (χ1n) is 56.3. The van der Waals surface area contributed by atoms with Gasteiger partial charge in [-0.05, 0) is 223 Å². The number of para-hydroxylation sites is 2. The van der Waals surface area contributed by atoms with Gasteiger partial charge in [0.1, 0.15) is 33.5 Å². The van der Waals surface area contributed by atoms with Crippen molar-refractivity contribution in [3.63, 3.8) is 0 Å². The molecule has 3 heterocycles. The summed E-state index contributed by atoms with van der Waals surface area (Å²) in [6.07, 6.45) is 0. The zero-order valence-electron chi connectivity index (χ0n) is 93.7. The number of fused-ring (bicyclic) bond motifs is 15. The molecule has 3 nitrogen and oxygen atoms in total. The molecule has 3 aromatic heterocycles. The molecular formula is C142H124O3. The molecule has 0 saturated heterocycles. The largest absolute Gasteiger partial charge is 0.456 e. The Hall–Kier alpha value is -17.8. The first kappa shape index (κ1) is 88.7. The third kappa shape index (κ3) is 17.9. The molecule has 27 rings (SSSR count). The van der Waals surface area contributed by atoms with Gasteiger partial charge in [0.2, 0.25) is 0 Å². The first-order valence-corrected chi connectivity index (χ1v) is 50.3. The van der Waals surface area contributed by atoms with E-state index in [4.69, 9.17) is 27.9 Å². The minimum absolute atomic E-state index is 0.901. The Morgan fingerprint density at radius 2 is 0.359 bits per heavy atom. The van der Waals surface area contributed by atoms with E-state index in [0.717, 1.165) is 93.6 Å². The van der Waals surface area contributed by atoms with E-state index in [1.54, 1.807) is 0 Å². The van der Waals surface area contributed by atoms with Crippen LogP contribution in [-0.4, -0.2) is 0 Å². The van der Waals surface area contributed by atoms with Crippen molar-refractivity contribution in [3.8, 4) is 134 Å². The fourth-order valence-electron chi connectivity index (χ4n) is 21.3. The zero-order valence-corrected chi connectivity index (χ0v) is 83.7. The Balaban J connectivity index is 0.000000160. The Kier molecular flexibility index (Phi) is 26.6. The number of benzene rings is 24. The second-order valence-electron chi connectivity index (χ2n) is 34.8. The van der Waals surface area contributed by atoms with Gasteiger partial charge < -0.3 is 13.3 Å². The second kappa shape index (κ2) is 43.5. The number of furan rings is 3. The molecule has 0 aliphatic rings. The molecule has 0 unspecified atom stereocenters. The average Bonchev–Trinajstić information content (AvgIpc) is 1.71. The average molecular weight is 1890 g/mol. The summed E-state index contributed by atoms with van der Waals surface area (Å²) in [7, 11) is 2.50. The lowest BCUT2D eigenvalue weighted by Crippen LogP contribution is -1.93. The minimum atomic E-state index is 0.901. The van der Waals surface area contributed by atoms with Crippen molar-refractivity contribution >= 4 is 130 Å². The summed E-state index contributed by atoms with van der Waals surface area (Å²) in [6, 6.07) is 182. The molecule has 0 atom stereocenters. The van der Waals surface area contributed by atoms with Crippen LogP contribution in [0.4, 0.5) is 0 Å². The summed E-state index contributed by atoms with van der Waals surface area (Å²) in [5.41, 5.74) is 34.4. The maximum absolute atomic E-state index is 6.68. The highest BCUT2D eigenvalue weighted by atomic mass is 16.3. The van der Waals surface area contributed by atoms with Gasteiger partial charge in [-0.1, -0.05) is 543 Å². The Bertz CT molecular complexity index is 9130. The van der Waals surface area contributed by atoms with E-state index >= 15 is 0 Å². The molecule has 710 valence electrons. The predicted octanol–water partition coefficient (Wildman–Crippen LogP) is 44.0. The van der Waals surface area contributed by atoms with Crippen molar-refractivity contribution in [3.05, 3.63) is 510 Å². The first-order chi connectivity index (χ1) is 77.0. The quantitative estimate of drug-likeness (QED) is 0.114. The summed E-state index contributed by atoms with van der Waals surface area (Å²) in [5.74, 6) is 0. The van der Waals surface area contributed by atoms with Crippen LogP contribution in [0.5, 0.6) is 0 Å². The van der Waals surface area contributed by atoms with Crippen molar-refractivity contribution in [2.75, 3.05) is 0 Å². The lowest BCUT2D eigenvalue weighted by Gasteiger charge is -2.20. The standard InChI is InChI=1S/3C44H28O.4C2H6.2CH4.4H2/c1-3-13-29(14-4-1)31-17-11-18-33(27-31)42-34-19-7-9-21-36(34)43(37-22-10-8-20-35(37)42)39-23-12-24-40-44(39)38-26-25-32(28-41(38)45-40)30-15-5-2-6-16-30;1-3-13-29(14-4-1)30-25-27-32(28-26-30)41-34-17-7-9-19-36(34)42(37-20-10-8-18-35(37)41)38-22-12-24-40-43(38)39-23-11-21-33(44(39)45-40)31-15-5-2-6-16-31;1-3-15-29(16-4-1)31-19-7-8-20-33(31)41-34-21-9-11-23-36(34)42(37-24-12-10-22-35(37)41)38-26-14-28-40-43(38)39-27-13-25-32(44(39)45-40)30-17-5-2-6-18-30;4*1-2;;;;;;/h3*1-28H;4*1-2H3;2*1H4;4*1H/i;;;;;;;2*1D;4*1+1D. The molecule has 0 aliphatic heterocycles. The van der Waals surface area contributed by atoms with Gasteiger partial charge in [0.25, 0.3) is 0 Å². The van der Waals surface area contributed by atoms with Crippen LogP contribution in [0.1, 0.15) is 84.8 Å². The molecule has 3 heteroatoms. The van der Waals surface area contributed by atoms with Crippen molar-refractivity contribution in [2.24, 2.45) is 0 Å². The third-order valence-corrected chi connectivity index (χ3v) is 27.2. The van der Waals surface area contributed by atoms with Gasteiger partial charge >= 0.3 is 0 Å². The molecule has 0 amide bonds. The van der Waals surface area contributed by atoms with E-state index in [2.05, 4.69) is 510 Å². The van der Waals surface area contributed by atoms with Crippen molar-refractivity contribution < 1.29 is 27.9 Å². The fraction of sp³-hybridized carbons (Fsp3) is 0.0704. The lowest BCUT2D eigenvalue weighted by atomic mass is 9.83. The molecule has 27 aromatic rings. The van der Waals surface area contributed by atoms with Crippen LogP contribution < -0.4 is 0 Å². The lowest BCUT2D eigenvalue weighted by molar-refractivity contribution is 0.669. The highest BCUT2D eigenvalue weighted by Crippen LogP contribution is 2.54. The molecule has 24 aromatic carbocycles. The van der Waals surface area contributed by atoms with Crippen LogP contribution >= 0.6 is 0 Å². The van der Waals surface area contributed by atoms with Crippen LogP contribution in [0.15, 0.2) is 523 Å². The fourth-order valence-corrected chi connectivity index (χ4v) is 21.3. The minimum Gasteiger partial charge on any atom is -0.456 e. The molecule has 0 aliphatic carbocycles. The molecule has 145 heavy (non-hydrogen) atoms. The van der Waals surface area contributed by atoms with Gasteiger partial charge in [-0.25, -0.2) is 0 Å². The van der Waals surface area contributed by atoms with Gasteiger partial charge in [0.05, 0.1) is 0 Å².